The Morgan fingerprint density at radius 3 is 2.13 bits per heavy atom. The van der Waals surface area contributed by atoms with E-state index in [2.05, 4.69) is 77.7 Å². The highest BCUT2D eigenvalue weighted by molar-refractivity contribution is 6.30. The molecule has 0 saturated carbocycles. The SMILES string of the molecule is OCCC(c1ccc(Cc2ccc(Cl)cc2)cc1)N1CC=C(c2ccccc2)CC1. The first kappa shape index (κ1) is 20.9. The van der Waals surface area contributed by atoms with Crippen molar-refractivity contribution >= 4 is 17.2 Å². The van der Waals surface area contributed by atoms with E-state index in [-0.39, 0.29) is 12.6 Å². The highest BCUT2D eigenvalue weighted by Gasteiger charge is 2.22. The molecule has 2 nitrogen and oxygen atoms in total. The smallest absolute Gasteiger partial charge is 0.0449 e. The Bertz CT molecular complexity index is 964. The van der Waals surface area contributed by atoms with Crippen LogP contribution in [0.15, 0.2) is 84.9 Å². The zero-order valence-corrected chi connectivity index (χ0v) is 17.9. The van der Waals surface area contributed by atoms with E-state index in [1.807, 2.05) is 12.1 Å². The van der Waals surface area contributed by atoms with Gasteiger partial charge in [-0.05, 0) is 59.2 Å². The van der Waals surface area contributed by atoms with Gasteiger partial charge in [0.25, 0.3) is 0 Å². The fourth-order valence-electron chi connectivity index (χ4n) is 4.26. The zero-order chi connectivity index (χ0) is 20.8. The molecule has 1 unspecified atom stereocenters. The first-order chi connectivity index (χ1) is 14.7. The van der Waals surface area contributed by atoms with Crippen LogP contribution in [-0.2, 0) is 6.42 Å². The van der Waals surface area contributed by atoms with Gasteiger partial charge in [-0.1, -0.05) is 84.4 Å². The number of rotatable bonds is 7. The molecule has 0 amide bonds. The second-order valence-electron chi connectivity index (χ2n) is 7.91. The van der Waals surface area contributed by atoms with Gasteiger partial charge in [0.05, 0.1) is 0 Å². The van der Waals surface area contributed by atoms with Crippen molar-refractivity contribution in [1.29, 1.82) is 0 Å². The molecule has 3 aromatic rings. The van der Waals surface area contributed by atoms with Crippen molar-refractivity contribution in [3.05, 3.63) is 112 Å². The van der Waals surface area contributed by atoms with Crippen molar-refractivity contribution < 1.29 is 5.11 Å². The lowest BCUT2D eigenvalue weighted by Crippen LogP contribution is -2.33. The monoisotopic (exact) mass is 417 g/mol. The minimum atomic E-state index is 0.197. The fourth-order valence-corrected chi connectivity index (χ4v) is 4.39. The quantitative estimate of drug-likeness (QED) is 0.498. The minimum absolute atomic E-state index is 0.197. The van der Waals surface area contributed by atoms with Crippen LogP contribution in [0.25, 0.3) is 5.57 Å². The first-order valence-electron chi connectivity index (χ1n) is 10.7. The third-order valence-corrected chi connectivity index (χ3v) is 6.17. The fraction of sp³-hybridized carbons (Fsp3) is 0.259. The summed E-state index contributed by atoms with van der Waals surface area (Å²) < 4.78 is 0. The number of halogens is 1. The second-order valence-corrected chi connectivity index (χ2v) is 8.35. The molecule has 0 fully saturated rings. The maximum atomic E-state index is 9.68. The highest BCUT2D eigenvalue weighted by atomic mass is 35.5. The standard InChI is InChI=1S/C27H28ClNO/c28-26-12-8-22(9-13-26)20-21-6-10-25(11-7-21)27(16-19-30)29-17-14-24(15-18-29)23-4-2-1-3-5-23/h1-14,27,30H,15-20H2. The predicted octanol–water partition coefficient (Wildman–Crippen LogP) is 6.14. The van der Waals surface area contributed by atoms with E-state index in [1.165, 1.54) is 27.8 Å². The Labute approximate surface area is 184 Å². The van der Waals surface area contributed by atoms with E-state index in [0.717, 1.165) is 37.4 Å². The van der Waals surface area contributed by atoms with E-state index in [0.29, 0.717) is 0 Å². The van der Waals surface area contributed by atoms with Crippen LogP contribution in [0.4, 0.5) is 0 Å². The molecule has 0 radical (unpaired) electrons. The number of hydrogen-bond acceptors (Lipinski definition) is 2. The van der Waals surface area contributed by atoms with Gasteiger partial charge in [0.1, 0.15) is 0 Å². The summed E-state index contributed by atoms with van der Waals surface area (Å²) in [5.74, 6) is 0. The van der Waals surface area contributed by atoms with Gasteiger partial charge < -0.3 is 5.11 Å². The Balaban J connectivity index is 1.45. The van der Waals surface area contributed by atoms with E-state index in [1.54, 1.807) is 0 Å². The molecule has 1 N–H and O–H groups in total. The molecular weight excluding hydrogens is 390 g/mol. The van der Waals surface area contributed by atoms with Gasteiger partial charge in [0.2, 0.25) is 0 Å². The number of benzene rings is 3. The Morgan fingerprint density at radius 1 is 0.867 bits per heavy atom. The molecule has 3 aromatic carbocycles. The molecule has 1 aliphatic rings. The van der Waals surface area contributed by atoms with Crippen LogP contribution >= 0.6 is 11.6 Å². The second kappa shape index (κ2) is 10.1. The minimum Gasteiger partial charge on any atom is -0.396 e. The molecule has 0 aliphatic carbocycles. The van der Waals surface area contributed by atoms with E-state index in [4.69, 9.17) is 11.6 Å². The van der Waals surface area contributed by atoms with E-state index < -0.39 is 0 Å². The molecule has 30 heavy (non-hydrogen) atoms. The lowest BCUT2D eigenvalue weighted by atomic mass is 9.95. The predicted molar refractivity (Wildman–Crippen MR) is 126 cm³/mol. The Hall–Kier alpha value is -2.39. The van der Waals surface area contributed by atoms with Gasteiger partial charge in [0, 0.05) is 30.8 Å². The van der Waals surface area contributed by atoms with E-state index >= 15 is 0 Å². The summed E-state index contributed by atoms with van der Waals surface area (Å²) in [4.78, 5) is 2.48. The van der Waals surface area contributed by atoms with Gasteiger partial charge in [-0.2, -0.15) is 0 Å². The maximum absolute atomic E-state index is 9.68. The molecule has 0 bridgehead atoms. The van der Waals surface area contributed by atoms with Gasteiger partial charge in [-0.25, -0.2) is 0 Å². The highest BCUT2D eigenvalue weighted by Crippen LogP contribution is 2.30. The molecule has 0 aromatic heterocycles. The molecule has 154 valence electrons. The summed E-state index contributed by atoms with van der Waals surface area (Å²) in [6.07, 6.45) is 5.04. The summed E-state index contributed by atoms with van der Waals surface area (Å²) in [5, 5.41) is 10.4. The summed E-state index contributed by atoms with van der Waals surface area (Å²) in [6, 6.07) is 27.8. The average molecular weight is 418 g/mol. The number of nitrogens with zero attached hydrogens (tertiary/aromatic N) is 1. The Morgan fingerprint density at radius 2 is 1.53 bits per heavy atom. The summed E-state index contributed by atoms with van der Waals surface area (Å²) in [7, 11) is 0. The molecule has 0 saturated heterocycles. The molecule has 1 aliphatic heterocycles. The normalized spacial score (nSPS) is 15.6. The Kier molecular flexibility index (Phi) is 7.01. The third kappa shape index (κ3) is 5.20. The summed E-state index contributed by atoms with van der Waals surface area (Å²) in [5.41, 5.74) is 6.57. The number of aliphatic hydroxyl groups excluding tert-OH is 1. The largest absolute Gasteiger partial charge is 0.396 e. The van der Waals surface area contributed by atoms with Crippen molar-refractivity contribution in [3.63, 3.8) is 0 Å². The third-order valence-electron chi connectivity index (χ3n) is 5.91. The van der Waals surface area contributed by atoms with Crippen LogP contribution in [0.3, 0.4) is 0 Å². The maximum Gasteiger partial charge on any atom is 0.0449 e. The first-order valence-corrected chi connectivity index (χ1v) is 11.0. The molecule has 3 heteroatoms. The van der Waals surface area contributed by atoms with Crippen LogP contribution in [0.1, 0.15) is 41.1 Å². The van der Waals surface area contributed by atoms with Gasteiger partial charge in [-0.15, -0.1) is 0 Å². The molecule has 0 spiro atoms. The van der Waals surface area contributed by atoms with Crippen molar-refractivity contribution in [2.45, 2.75) is 25.3 Å². The van der Waals surface area contributed by atoms with Gasteiger partial charge in [0.15, 0.2) is 0 Å². The zero-order valence-electron chi connectivity index (χ0n) is 17.2. The van der Waals surface area contributed by atoms with Crippen LogP contribution < -0.4 is 0 Å². The lowest BCUT2D eigenvalue weighted by Gasteiger charge is -2.34. The summed E-state index contributed by atoms with van der Waals surface area (Å²) >= 11 is 5.99. The van der Waals surface area contributed by atoms with Crippen molar-refractivity contribution in [2.75, 3.05) is 19.7 Å². The molecular formula is C27H28ClNO. The van der Waals surface area contributed by atoms with Crippen LogP contribution in [-0.4, -0.2) is 29.7 Å². The molecule has 1 heterocycles. The van der Waals surface area contributed by atoms with Crippen LogP contribution in [0.2, 0.25) is 5.02 Å². The van der Waals surface area contributed by atoms with Crippen molar-refractivity contribution in [1.82, 2.24) is 4.90 Å². The average Bonchev–Trinajstić information content (AvgIpc) is 2.80. The van der Waals surface area contributed by atoms with Gasteiger partial charge >= 0.3 is 0 Å². The lowest BCUT2D eigenvalue weighted by molar-refractivity contribution is 0.169. The number of aliphatic hydroxyl groups is 1. The van der Waals surface area contributed by atoms with Crippen molar-refractivity contribution in [3.8, 4) is 0 Å². The molecule has 1 atom stereocenters. The van der Waals surface area contributed by atoms with Crippen LogP contribution in [0.5, 0.6) is 0 Å². The number of hydrogen-bond donors (Lipinski definition) is 1. The topological polar surface area (TPSA) is 23.5 Å². The van der Waals surface area contributed by atoms with Gasteiger partial charge in [-0.3, -0.25) is 4.90 Å². The van der Waals surface area contributed by atoms with Crippen LogP contribution in [0, 0.1) is 0 Å². The molecule has 4 rings (SSSR count). The van der Waals surface area contributed by atoms with E-state index in [9.17, 15) is 5.11 Å². The van der Waals surface area contributed by atoms with Crippen molar-refractivity contribution in [2.24, 2.45) is 0 Å². The summed E-state index contributed by atoms with van der Waals surface area (Å²) in [6.45, 7) is 2.13.